The van der Waals surface area contributed by atoms with Crippen LogP contribution in [-0.2, 0) is 12.8 Å². The highest BCUT2D eigenvalue weighted by Crippen LogP contribution is 2.42. The van der Waals surface area contributed by atoms with Crippen molar-refractivity contribution >= 4 is 11.3 Å². The molecule has 0 spiro atoms. The number of nitrogens with two attached hydrogens (primary N) is 1. The summed E-state index contributed by atoms with van der Waals surface area (Å²) in [5, 5.41) is 0. The van der Waals surface area contributed by atoms with Crippen LogP contribution in [0.15, 0.2) is 6.07 Å². The topological polar surface area (TPSA) is 26.0 Å². The standard InChI is InChI=1S/C16H25NS/c1-10-6-11(2)8-13(7-10)16(17)15-9-12-4-3-5-14(12)18-15/h9-11,13,16H,3-8,17H2,1-2H3. The molecular formula is C16H25NS. The lowest BCUT2D eigenvalue weighted by Crippen LogP contribution is -2.28. The van der Waals surface area contributed by atoms with Crippen molar-refractivity contribution in [1.82, 2.24) is 0 Å². The molecule has 0 radical (unpaired) electrons. The van der Waals surface area contributed by atoms with E-state index in [1.807, 2.05) is 11.3 Å². The summed E-state index contributed by atoms with van der Waals surface area (Å²) in [6.07, 6.45) is 7.99. The number of aryl methyl sites for hydroxylation is 2. The molecule has 2 heteroatoms. The average molecular weight is 263 g/mol. The summed E-state index contributed by atoms with van der Waals surface area (Å²) in [6.45, 7) is 4.79. The first-order valence-electron chi connectivity index (χ1n) is 7.50. The van der Waals surface area contributed by atoms with E-state index in [2.05, 4.69) is 19.9 Å². The fraction of sp³-hybridized carbons (Fsp3) is 0.750. The number of thiophene rings is 1. The van der Waals surface area contributed by atoms with E-state index in [4.69, 9.17) is 5.73 Å². The molecule has 0 aliphatic heterocycles. The number of hydrogen-bond donors (Lipinski definition) is 1. The van der Waals surface area contributed by atoms with Gasteiger partial charge >= 0.3 is 0 Å². The summed E-state index contributed by atoms with van der Waals surface area (Å²) in [6, 6.07) is 2.72. The van der Waals surface area contributed by atoms with E-state index in [9.17, 15) is 0 Å². The molecule has 2 N–H and O–H groups in total. The molecule has 100 valence electrons. The van der Waals surface area contributed by atoms with Crippen molar-refractivity contribution in [2.75, 3.05) is 0 Å². The van der Waals surface area contributed by atoms with E-state index in [1.54, 1.807) is 10.4 Å². The molecule has 1 aromatic heterocycles. The van der Waals surface area contributed by atoms with Crippen molar-refractivity contribution in [1.29, 1.82) is 0 Å². The van der Waals surface area contributed by atoms with Gasteiger partial charge in [-0.15, -0.1) is 11.3 Å². The van der Waals surface area contributed by atoms with Crippen LogP contribution in [0.3, 0.4) is 0 Å². The van der Waals surface area contributed by atoms with E-state index in [0.29, 0.717) is 12.0 Å². The Labute approximate surface area is 115 Å². The van der Waals surface area contributed by atoms with Gasteiger partial charge in [0.1, 0.15) is 0 Å². The minimum Gasteiger partial charge on any atom is -0.323 e. The number of hydrogen-bond acceptors (Lipinski definition) is 2. The third kappa shape index (κ3) is 2.37. The smallest absolute Gasteiger partial charge is 0.0418 e. The van der Waals surface area contributed by atoms with Gasteiger partial charge < -0.3 is 5.73 Å². The van der Waals surface area contributed by atoms with Gasteiger partial charge in [-0.1, -0.05) is 13.8 Å². The lowest BCUT2D eigenvalue weighted by atomic mass is 9.73. The number of rotatable bonds is 2. The second-order valence-electron chi connectivity index (χ2n) is 6.65. The van der Waals surface area contributed by atoms with Crippen LogP contribution in [-0.4, -0.2) is 0 Å². The summed E-state index contributed by atoms with van der Waals surface area (Å²) in [5.41, 5.74) is 8.17. The maximum Gasteiger partial charge on any atom is 0.0418 e. The molecular weight excluding hydrogens is 238 g/mol. The molecule has 0 amide bonds. The molecule has 0 bridgehead atoms. The monoisotopic (exact) mass is 263 g/mol. The van der Waals surface area contributed by atoms with Gasteiger partial charge in [0.2, 0.25) is 0 Å². The van der Waals surface area contributed by atoms with Crippen molar-refractivity contribution in [3.8, 4) is 0 Å². The molecule has 1 nitrogen and oxygen atoms in total. The highest BCUT2D eigenvalue weighted by atomic mass is 32.1. The zero-order valence-electron chi connectivity index (χ0n) is 11.6. The van der Waals surface area contributed by atoms with Gasteiger partial charge in [0, 0.05) is 15.8 Å². The highest BCUT2D eigenvalue weighted by Gasteiger charge is 2.30. The second kappa shape index (κ2) is 4.97. The summed E-state index contributed by atoms with van der Waals surface area (Å²) in [5.74, 6) is 2.43. The Kier molecular flexibility index (Phi) is 3.50. The van der Waals surface area contributed by atoms with Gasteiger partial charge in [0.05, 0.1) is 0 Å². The van der Waals surface area contributed by atoms with Crippen molar-refractivity contribution < 1.29 is 0 Å². The predicted octanol–water partition coefficient (Wildman–Crippen LogP) is 4.31. The minimum atomic E-state index is 0.297. The molecule has 1 saturated carbocycles. The van der Waals surface area contributed by atoms with Gasteiger partial charge in [0.15, 0.2) is 0 Å². The second-order valence-corrected chi connectivity index (χ2v) is 7.82. The zero-order valence-corrected chi connectivity index (χ0v) is 12.4. The van der Waals surface area contributed by atoms with Crippen molar-refractivity contribution in [2.24, 2.45) is 23.5 Å². The van der Waals surface area contributed by atoms with Crippen LogP contribution in [0.4, 0.5) is 0 Å². The molecule has 18 heavy (non-hydrogen) atoms. The third-order valence-electron chi connectivity index (χ3n) is 4.82. The van der Waals surface area contributed by atoms with Crippen molar-refractivity contribution in [3.05, 3.63) is 21.4 Å². The van der Waals surface area contributed by atoms with Crippen LogP contribution in [0.5, 0.6) is 0 Å². The van der Waals surface area contributed by atoms with Gasteiger partial charge in [-0.25, -0.2) is 0 Å². The summed E-state index contributed by atoms with van der Waals surface area (Å²) < 4.78 is 0. The fourth-order valence-electron chi connectivity index (χ4n) is 4.05. The van der Waals surface area contributed by atoms with Crippen LogP contribution < -0.4 is 5.73 Å². The van der Waals surface area contributed by atoms with Crippen LogP contribution in [0.1, 0.15) is 60.9 Å². The van der Waals surface area contributed by atoms with Gasteiger partial charge in [0.25, 0.3) is 0 Å². The predicted molar refractivity (Wildman–Crippen MR) is 78.9 cm³/mol. The largest absolute Gasteiger partial charge is 0.323 e. The zero-order chi connectivity index (χ0) is 12.7. The Morgan fingerprint density at radius 2 is 1.89 bits per heavy atom. The Morgan fingerprint density at radius 1 is 1.17 bits per heavy atom. The Hall–Kier alpha value is -0.340. The highest BCUT2D eigenvalue weighted by molar-refractivity contribution is 7.12. The summed E-state index contributed by atoms with van der Waals surface area (Å²) >= 11 is 2.00. The quantitative estimate of drug-likeness (QED) is 0.845. The van der Waals surface area contributed by atoms with Crippen LogP contribution in [0.2, 0.25) is 0 Å². The average Bonchev–Trinajstić information content (AvgIpc) is 2.86. The molecule has 2 aliphatic carbocycles. The normalized spacial score (nSPS) is 33.4. The van der Waals surface area contributed by atoms with E-state index in [1.165, 1.54) is 43.4 Å². The molecule has 3 atom stereocenters. The molecule has 1 fully saturated rings. The first-order chi connectivity index (χ1) is 8.63. The lowest BCUT2D eigenvalue weighted by Gasteiger charge is -2.34. The van der Waals surface area contributed by atoms with Crippen LogP contribution >= 0.6 is 11.3 Å². The van der Waals surface area contributed by atoms with E-state index < -0.39 is 0 Å². The SMILES string of the molecule is CC1CC(C)CC(C(N)c2cc3c(s2)CCC3)C1. The first kappa shape index (κ1) is 12.7. The molecule has 1 aromatic rings. The minimum absolute atomic E-state index is 0.297. The lowest BCUT2D eigenvalue weighted by molar-refractivity contribution is 0.194. The molecule has 3 unspecified atom stereocenters. The molecule has 1 heterocycles. The van der Waals surface area contributed by atoms with E-state index in [0.717, 1.165) is 11.8 Å². The van der Waals surface area contributed by atoms with Gasteiger partial charge in [-0.2, -0.15) is 0 Å². The Morgan fingerprint density at radius 3 is 2.56 bits per heavy atom. The summed E-state index contributed by atoms with van der Waals surface area (Å²) in [4.78, 5) is 3.09. The Bertz CT molecular complexity index is 391. The van der Waals surface area contributed by atoms with Crippen molar-refractivity contribution in [2.45, 2.75) is 58.4 Å². The molecule has 0 aromatic carbocycles. The molecule has 3 rings (SSSR count). The third-order valence-corrected chi connectivity index (χ3v) is 6.16. The maximum absolute atomic E-state index is 6.57. The fourth-order valence-corrected chi connectivity index (χ4v) is 5.40. The van der Waals surface area contributed by atoms with E-state index >= 15 is 0 Å². The van der Waals surface area contributed by atoms with Gasteiger partial charge in [-0.3, -0.25) is 0 Å². The van der Waals surface area contributed by atoms with Crippen LogP contribution in [0, 0.1) is 17.8 Å². The van der Waals surface area contributed by atoms with Crippen molar-refractivity contribution in [3.63, 3.8) is 0 Å². The molecule has 0 saturated heterocycles. The van der Waals surface area contributed by atoms with Gasteiger partial charge in [-0.05, 0) is 67.9 Å². The first-order valence-corrected chi connectivity index (χ1v) is 8.32. The maximum atomic E-state index is 6.57. The van der Waals surface area contributed by atoms with Crippen LogP contribution in [0.25, 0.3) is 0 Å². The molecule has 2 aliphatic rings. The Balaban J connectivity index is 1.74. The number of fused-ring (bicyclic) bond motifs is 1. The summed E-state index contributed by atoms with van der Waals surface area (Å²) in [7, 11) is 0. The van der Waals surface area contributed by atoms with E-state index in [-0.39, 0.29) is 0 Å².